The summed E-state index contributed by atoms with van der Waals surface area (Å²) < 4.78 is 0.698. The van der Waals surface area contributed by atoms with Crippen LogP contribution in [0.15, 0.2) is 29.2 Å². The van der Waals surface area contributed by atoms with Crippen LogP contribution in [-0.4, -0.2) is 21.7 Å². The molecule has 1 unspecified atom stereocenters. The van der Waals surface area contributed by atoms with E-state index < -0.39 is 0 Å². The summed E-state index contributed by atoms with van der Waals surface area (Å²) in [5.74, 6) is 0.603. The number of carbonyl (C=O) groups is 1. The molecule has 23 heavy (non-hydrogen) atoms. The molecule has 0 aliphatic carbocycles. The molecule has 1 atom stereocenters. The first-order chi connectivity index (χ1) is 11.0. The van der Waals surface area contributed by atoms with Crippen LogP contribution >= 0.6 is 24.0 Å². The summed E-state index contributed by atoms with van der Waals surface area (Å²) >= 11 is 6.86. The number of benzene rings is 1. The molecule has 1 amide bonds. The molecule has 2 nitrogen and oxygen atoms in total. The van der Waals surface area contributed by atoms with Crippen LogP contribution in [0, 0.1) is 12.8 Å². The second-order valence-electron chi connectivity index (χ2n) is 6.12. The van der Waals surface area contributed by atoms with E-state index in [0.717, 1.165) is 23.4 Å². The van der Waals surface area contributed by atoms with Crippen molar-refractivity contribution in [2.75, 3.05) is 6.54 Å². The Morgan fingerprint density at radius 3 is 2.57 bits per heavy atom. The molecule has 0 radical (unpaired) electrons. The fourth-order valence-electron chi connectivity index (χ4n) is 2.65. The lowest BCUT2D eigenvalue weighted by atomic mass is 9.99. The standard InChI is InChI=1S/C19H25NOS2/c1-4-6-7-15(5-2)13-20-18(21)17(23-19(20)22)12-16-10-8-14(3)9-11-16/h8-12,15H,4-7,13H2,1-3H3. The van der Waals surface area contributed by atoms with Crippen LogP contribution in [-0.2, 0) is 4.79 Å². The van der Waals surface area contributed by atoms with Crippen LogP contribution < -0.4 is 0 Å². The number of aryl methyl sites for hydroxylation is 1. The molecular formula is C19H25NOS2. The SMILES string of the molecule is CCCCC(CC)CN1C(=O)C(=Cc2ccc(C)cc2)SC1=S. The molecule has 0 bridgehead atoms. The van der Waals surface area contributed by atoms with Crippen LogP contribution in [0.4, 0.5) is 0 Å². The normalized spacial score (nSPS) is 18.0. The molecule has 4 heteroatoms. The minimum atomic E-state index is 0.0653. The average molecular weight is 348 g/mol. The molecule has 0 N–H and O–H groups in total. The lowest BCUT2D eigenvalue weighted by Crippen LogP contribution is -2.33. The van der Waals surface area contributed by atoms with Gasteiger partial charge in [-0.1, -0.05) is 86.9 Å². The molecule has 2 rings (SSSR count). The number of nitrogens with zero attached hydrogens (tertiary/aromatic N) is 1. The predicted octanol–water partition coefficient (Wildman–Crippen LogP) is 5.41. The van der Waals surface area contributed by atoms with Crippen molar-refractivity contribution in [3.05, 3.63) is 40.3 Å². The molecule has 1 aliphatic rings. The smallest absolute Gasteiger partial charge is 0.266 e. The number of thioether (sulfide) groups is 1. The number of amides is 1. The highest BCUT2D eigenvalue weighted by molar-refractivity contribution is 8.26. The van der Waals surface area contributed by atoms with Gasteiger partial charge < -0.3 is 0 Å². The van der Waals surface area contributed by atoms with E-state index in [0.29, 0.717) is 10.2 Å². The maximum Gasteiger partial charge on any atom is 0.266 e. The first-order valence-electron chi connectivity index (χ1n) is 8.37. The van der Waals surface area contributed by atoms with Crippen LogP contribution in [0.1, 0.15) is 50.7 Å². The lowest BCUT2D eigenvalue weighted by Gasteiger charge is -2.21. The van der Waals surface area contributed by atoms with Crippen molar-refractivity contribution < 1.29 is 4.79 Å². The molecule has 1 fully saturated rings. The van der Waals surface area contributed by atoms with Gasteiger partial charge in [-0.2, -0.15) is 0 Å². The van der Waals surface area contributed by atoms with Crippen molar-refractivity contribution in [2.24, 2.45) is 5.92 Å². The third kappa shape index (κ3) is 4.92. The number of rotatable bonds is 7. The molecule has 1 heterocycles. The summed E-state index contributed by atoms with van der Waals surface area (Å²) in [7, 11) is 0. The third-order valence-electron chi connectivity index (χ3n) is 4.23. The Kier molecular flexibility index (Phi) is 6.85. The van der Waals surface area contributed by atoms with Crippen molar-refractivity contribution in [3.8, 4) is 0 Å². The number of hydrogen-bond acceptors (Lipinski definition) is 3. The summed E-state index contributed by atoms with van der Waals surface area (Å²) in [6.45, 7) is 7.22. The first-order valence-corrected chi connectivity index (χ1v) is 9.59. The summed E-state index contributed by atoms with van der Waals surface area (Å²) in [6.07, 6.45) is 6.62. The Morgan fingerprint density at radius 2 is 1.96 bits per heavy atom. The average Bonchev–Trinajstić information content (AvgIpc) is 2.80. The van der Waals surface area contributed by atoms with Crippen LogP contribution in [0.3, 0.4) is 0 Å². The highest BCUT2D eigenvalue weighted by Gasteiger charge is 2.33. The summed E-state index contributed by atoms with van der Waals surface area (Å²) in [4.78, 5) is 15.2. The highest BCUT2D eigenvalue weighted by Crippen LogP contribution is 2.33. The van der Waals surface area contributed by atoms with Gasteiger partial charge in [0.15, 0.2) is 0 Å². The second kappa shape index (κ2) is 8.65. The fourth-order valence-corrected chi connectivity index (χ4v) is 3.92. The summed E-state index contributed by atoms with van der Waals surface area (Å²) in [5, 5.41) is 0. The van der Waals surface area contributed by atoms with E-state index in [1.165, 1.54) is 36.6 Å². The maximum atomic E-state index is 12.7. The van der Waals surface area contributed by atoms with Crippen LogP contribution in [0.5, 0.6) is 0 Å². The zero-order chi connectivity index (χ0) is 16.8. The van der Waals surface area contributed by atoms with E-state index in [4.69, 9.17) is 12.2 Å². The van der Waals surface area contributed by atoms with Crippen molar-refractivity contribution in [3.63, 3.8) is 0 Å². The molecule has 1 aromatic rings. The molecule has 1 saturated heterocycles. The molecule has 124 valence electrons. The minimum absolute atomic E-state index is 0.0653. The van der Waals surface area contributed by atoms with E-state index in [1.54, 1.807) is 4.90 Å². The summed E-state index contributed by atoms with van der Waals surface area (Å²) in [6, 6.07) is 8.20. The van der Waals surface area contributed by atoms with E-state index in [2.05, 4.69) is 32.9 Å². The summed E-state index contributed by atoms with van der Waals surface area (Å²) in [5.41, 5.74) is 2.27. The zero-order valence-electron chi connectivity index (χ0n) is 14.2. The van der Waals surface area contributed by atoms with Crippen molar-refractivity contribution in [2.45, 2.75) is 46.5 Å². The van der Waals surface area contributed by atoms with E-state index in [-0.39, 0.29) is 5.91 Å². The molecule has 1 aromatic carbocycles. The van der Waals surface area contributed by atoms with E-state index in [9.17, 15) is 4.79 Å². The third-order valence-corrected chi connectivity index (χ3v) is 5.61. The van der Waals surface area contributed by atoms with Gasteiger partial charge in [0.1, 0.15) is 4.32 Å². The molecular weight excluding hydrogens is 322 g/mol. The predicted molar refractivity (Wildman–Crippen MR) is 104 cm³/mol. The second-order valence-corrected chi connectivity index (χ2v) is 7.80. The Morgan fingerprint density at radius 1 is 1.26 bits per heavy atom. The lowest BCUT2D eigenvalue weighted by molar-refractivity contribution is -0.122. The van der Waals surface area contributed by atoms with E-state index >= 15 is 0 Å². The monoisotopic (exact) mass is 347 g/mol. The number of hydrogen-bond donors (Lipinski definition) is 0. The number of thiocarbonyl (C=S) groups is 1. The fraction of sp³-hybridized carbons (Fsp3) is 0.474. The van der Waals surface area contributed by atoms with Crippen molar-refractivity contribution >= 4 is 40.3 Å². The van der Waals surface area contributed by atoms with Crippen molar-refractivity contribution in [1.82, 2.24) is 4.90 Å². The Bertz CT molecular complexity index is 592. The molecule has 1 aliphatic heterocycles. The maximum absolute atomic E-state index is 12.7. The highest BCUT2D eigenvalue weighted by atomic mass is 32.2. The van der Waals surface area contributed by atoms with Gasteiger partial charge >= 0.3 is 0 Å². The quantitative estimate of drug-likeness (QED) is 0.486. The van der Waals surface area contributed by atoms with Crippen LogP contribution in [0.25, 0.3) is 6.08 Å². The Balaban J connectivity index is 2.08. The molecule has 0 aromatic heterocycles. The van der Waals surface area contributed by atoms with Gasteiger partial charge in [0.2, 0.25) is 0 Å². The number of carbonyl (C=O) groups excluding carboxylic acids is 1. The number of unbranched alkanes of at least 4 members (excludes halogenated alkanes) is 1. The van der Waals surface area contributed by atoms with E-state index in [1.807, 2.05) is 18.2 Å². The van der Waals surface area contributed by atoms with Gasteiger partial charge in [0, 0.05) is 6.54 Å². The minimum Gasteiger partial charge on any atom is -0.293 e. The Labute approximate surface area is 149 Å². The van der Waals surface area contributed by atoms with Gasteiger partial charge in [-0.15, -0.1) is 0 Å². The van der Waals surface area contributed by atoms with Gasteiger partial charge in [0.25, 0.3) is 5.91 Å². The molecule has 0 spiro atoms. The van der Waals surface area contributed by atoms with Gasteiger partial charge in [-0.05, 0) is 30.9 Å². The van der Waals surface area contributed by atoms with Gasteiger partial charge in [-0.3, -0.25) is 9.69 Å². The Hall–Kier alpha value is -1.13. The molecule has 0 saturated carbocycles. The largest absolute Gasteiger partial charge is 0.293 e. The van der Waals surface area contributed by atoms with Crippen LogP contribution in [0.2, 0.25) is 0 Å². The van der Waals surface area contributed by atoms with Gasteiger partial charge in [0.05, 0.1) is 4.91 Å². The first kappa shape index (κ1) is 18.2. The van der Waals surface area contributed by atoms with Gasteiger partial charge in [-0.25, -0.2) is 0 Å². The topological polar surface area (TPSA) is 20.3 Å². The van der Waals surface area contributed by atoms with Crippen molar-refractivity contribution in [1.29, 1.82) is 0 Å². The zero-order valence-corrected chi connectivity index (χ0v) is 15.8.